The van der Waals surface area contributed by atoms with Gasteiger partial charge >= 0.3 is 0 Å². The number of hydrogen-bond acceptors (Lipinski definition) is 5. The van der Waals surface area contributed by atoms with Crippen LogP contribution in [0.5, 0.6) is 0 Å². The van der Waals surface area contributed by atoms with Crippen molar-refractivity contribution in [1.29, 1.82) is 0 Å². The maximum Gasteiger partial charge on any atom is 0.270 e. The van der Waals surface area contributed by atoms with Crippen LogP contribution in [0.4, 0.5) is 0 Å². The number of rotatable bonds is 9. The lowest BCUT2D eigenvalue weighted by molar-refractivity contribution is 0.0787. The topological polar surface area (TPSA) is 83.9 Å². The Morgan fingerprint density at radius 1 is 1.27 bits per heavy atom. The molecule has 2 aromatic heterocycles. The van der Waals surface area contributed by atoms with Crippen molar-refractivity contribution in [3.05, 3.63) is 29.8 Å². The van der Waals surface area contributed by atoms with E-state index in [4.69, 9.17) is 0 Å². The fourth-order valence-corrected chi connectivity index (χ4v) is 3.86. The van der Waals surface area contributed by atoms with E-state index in [1.54, 1.807) is 18.6 Å². The van der Waals surface area contributed by atoms with Crippen LogP contribution in [0.25, 0.3) is 0 Å². The molecule has 0 aromatic carbocycles. The second-order valence-corrected chi connectivity index (χ2v) is 7.47. The summed E-state index contributed by atoms with van der Waals surface area (Å²) in [4.78, 5) is 29.6. The van der Waals surface area contributed by atoms with Gasteiger partial charge in [-0.05, 0) is 25.3 Å². The van der Waals surface area contributed by atoms with Crippen molar-refractivity contribution in [3.8, 4) is 0 Å². The minimum absolute atomic E-state index is 0.0187. The van der Waals surface area contributed by atoms with E-state index in [0.29, 0.717) is 11.3 Å². The van der Waals surface area contributed by atoms with Crippen LogP contribution < -0.4 is 0 Å². The first-order valence-electron chi connectivity index (χ1n) is 9.20. The van der Waals surface area contributed by atoms with Crippen LogP contribution in [0.2, 0.25) is 0 Å². The van der Waals surface area contributed by atoms with Gasteiger partial charge in [0.25, 0.3) is 5.91 Å². The highest BCUT2D eigenvalue weighted by Gasteiger charge is 2.22. The smallest absolute Gasteiger partial charge is 0.270 e. The number of unbranched alkanes of at least 4 members (excludes halogenated alkanes) is 2. The molecule has 8 heteroatoms. The van der Waals surface area contributed by atoms with E-state index in [-0.39, 0.29) is 17.4 Å². The van der Waals surface area contributed by atoms with Crippen molar-refractivity contribution >= 4 is 23.5 Å². The molecule has 1 aliphatic rings. The molecule has 0 aliphatic carbocycles. The number of H-pyrrole nitrogens is 1. The first kappa shape index (κ1) is 18.7. The summed E-state index contributed by atoms with van der Waals surface area (Å²) in [6.07, 6.45) is 8.84. The number of likely N-dealkylation sites (tertiary alicyclic amines) is 1. The summed E-state index contributed by atoms with van der Waals surface area (Å²) >= 11 is 1.39. The predicted octanol–water partition coefficient (Wildman–Crippen LogP) is 3.01. The summed E-state index contributed by atoms with van der Waals surface area (Å²) in [5.41, 5.74) is 1.03. The highest BCUT2D eigenvalue weighted by atomic mass is 32.2. The molecule has 1 N–H and O–H groups in total. The van der Waals surface area contributed by atoms with Gasteiger partial charge in [-0.2, -0.15) is 0 Å². The Morgan fingerprint density at radius 3 is 2.85 bits per heavy atom. The number of aromatic nitrogens is 4. The van der Waals surface area contributed by atoms with Crippen LogP contribution in [0.3, 0.4) is 0 Å². The lowest BCUT2D eigenvalue weighted by Gasteiger charge is -2.13. The van der Waals surface area contributed by atoms with E-state index in [1.165, 1.54) is 18.2 Å². The molecule has 1 aliphatic heterocycles. The first-order chi connectivity index (χ1) is 12.7. The Balaban J connectivity index is 1.54. The lowest BCUT2D eigenvalue weighted by Crippen LogP contribution is -2.27. The van der Waals surface area contributed by atoms with Gasteiger partial charge in [-0.15, -0.1) is 10.2 Å². The molecule has 0 unspecified atom stereocenters. The number of ketones is 1. The largest absolute Gasteiger partial charge is 0.356 e. The van der Waals surface area contributed by atoms with Gasteiger partial charge in [0.15, 0.2) is 10.9 Å². The molecular formula is C18H25N5O2S. The van der Waals surface area contributed by atoms with Gasteiger partial charge in [-0.3, -0.25) is 9.59 Å². The third kappa shape index (κ3) is 4.55. The van der Waals surface area contributed by atoms with Gasteiger partial charge in [-0.25, -0.2) is 0 Å². The Bertz CT molecular complexity index is 748. The number of aryl methyl sites for hydroxylation is 1. The molecule has 0 atom stereocenters. The van der Waals surface area contributed by atoms with E-state index < -0.39 is 0 Å². The number of aromatic amines is 1. The van der Waals surface area contributed by atoms with Gasteiger partial charge < -0.3 is 14.5 Å². The van der Waals surface area contributed by atoms with E-state index in [0.717, 1.165) is 50.5 Å². The van der Waals surface area contributed by atoms with Crippen molar-refractivity contribution in [3.63, 3.8) is 0 Å². The van der Waals surface area contributed by atoms with Crippen LogP contribution in [-0.2, 0) is 6.54 Å². The lowest BCUT2D eigenvalue weighted by atomic mass is 10.2. The number of hydrogen-bond donors (Lipinski definition) is 1. The minimum atomic E-state index is -0.0233. The molecule has 140 valence electrons. The molecule has 7 nitrogen and oxygen atoms in total. The van der Waals surface area contributed by atoms with Gasteiger partial charge in [0.05, 0.1) is 5.75 Å². The van der Waals surface area contributed by atoms with E-state index in [2.05, 4.69) is 22.1 Å². The van der Waals surface area contributed by atoms with E-state index in [9.17, 15) is 9.59 Å². The standard InChI is InChI=1S/C18H25N5O2S/c1-2-3-4-9-23-13-20-21-18(23)26-12-16(24)14-10-15(19-11-14)17(25)22-7-5-6-8-22/h10-11,13,19H,2-9,12H2,1H3. The van der Waals surface area contributed by atoms with Gasteiger partial charge in [-0.1, -0.05) is 31.5 Å². The molecule has 1 saturated heterocycles. The number of carbonyl (C=O) groups excluding carboxylic acids is 2. The van der Waals surface area contributed by atoms with E-state index in [1.807, 2.05) is 9.47 Å². The molecule has 2 aromatic rings. The van der Waals surface area contributed by atoms with Crippen LogP contribution in [0.15, 0.2) is 23.7 Å². The van der Waals surface area contributed by atoms with Crippen molar-refractivity contribution in [2.24, 2.45) is 0 Å². The zero-order chi connectivity index (χ0) is 18.4. The fraction of sp³-hybridized carbons (Fsp3) is 0.556. The third-order valence-electron chi connectivity index (χ3n) is 4.54. The summed E-state index contributed by atoms with van der Waals surface area (Å²) < 4.78 is 1.99. The second-order valence-electron chi connectivity index (χ2n) is 6.53. The van der Waals surface area contributed by atoms with Gasteiger partial charge in [0, 0.05) is 31.4 Å². The van der Waals surface area contributed by atoms with Crippen molar-refractivity contribution in [2.75, 3.05) is 18.8 Å². The molecule has 0 radical (unpaired) electrons. The van der Waals surface area contributed by atoms with Crippen molar-refractivity contribution < 1.29 is 9.59 Å². The third-order valence-corrected chi connectivity index (χ3v) is 5.52. The van der Waals surface area contributed by atoms with E-state index >= 15 is 0 Å². The van der Waals surface area contributed by atoms with Crippen molar-refractivity contribution in [1.82, 2.24) is 24.6 Å². The molecule has 1 amide bonds. The maximum atomic E-state index is 12.4. The molecule has 3 rings (SSSR count). The quantitative estimate of drug-likeness (QED) is 0.414. The average Bonchev–Trinajstić information content (AvgIpc) is 3.40. The average molecular weight is 375 g/mol. The molecule has 1 fully saturated rings. The molecule has 0 spiro atoms. The zero-order valence-corrected chi connectivity index (χ0v) is 15.9. The van der Waals surface area contributed by atoms with Crippen molar-refractivity contribution in [2.45, 2.75) is 50.7 Å². The van der Waals surface area contributed by atoms with Crippen LogP contribution in [0, 0.1) is 0 Å². The zero-order valence-electron chi connectivity index (χ0n) is 15.1. The monoisotopic (exact) mass is 375 g/mol. The number of carbonyl (C=O) groups is 2. The fourth-order valence-electron chi connectivity index (χ4n) is 3.02. The summed E-state index contributed by atoms with van der Waals surface area (Å²) in [6.45, 7) is 4.63. The predicted molar refractivity (Wildman–Crippen MR) is 101 cm³/mol. The molecular weight excluding hydrogens is 350 g/mol. The highest BCUT2D eigenvalue weighted by Crippen LogP contribution is 2.19. The summed E-state index contributed by atoms with van der Waals surface area (Å²) in [7, 11) is 0. The molecule has 26 heavy (non-hydrogen) atoms. The number of Topliss-reactive ketones (excluding diaryl/α,β-unsaturated/α-hetero) is 1. The van der Waals surface area contributed by atoms with Gasteiger partial charge in [0.2, 0.25) is 0 Å². The van der Waals surface area contributed by atoms with Crippen LogP contribution in [-0.4, -0.2) is 55.2 Å². The molecule has 0 saturated carbocycles. The second kappa shape index (κ2) is 9.02. The Labute approximate surface area is 157 Å². The summed E-state index contributed by atoms with van der Waals surface area (Å²) in [5, 5.41) is 8.81. The maximum absolute atomic E-state index is 12.4. The Morgan fingerprint density at radius 2 is 2.08 bits per heavy atom. The Hall–Kier alpha value is -2.09. The number of thioether (sulfide) groups is 1. The summed E-state index contributed by atoms with van der Waals surface area (Å²) in [6, 6.07) is 1.66. The minimum Gasteiger partial charge on any atom is -0.356 e. The molecule has 3 heterocycles. The van der Waals surface area contributed by atoms with Crippen LogP contribution in [0.1, 0.15) is 59.9 Å². The SMILES string of the molecule is CCCCCn1cnnc1SCC(=O)c1c[nH]c(C(=O)N2CCCC2)c1. The summed E-state index contributed by atoms with van der Waals surface area (Å²) in [5.74, 6) is 0.237. The first-order valence-corrected chi connectivity index (χ1v) is 10.2. The van der Waals surface area contributed by atoms with Crippen LogP contribution >= 0.6 is 11.8 Å². The number of nitrogens with one attached hydrogen (secondary N) is 1. The number of nitrogens with zero attached hydrogens (tertiary/aromatic N) is 4. The highest BCUT2D eigenvalue weighted by molar-refractivity contribution is 7.99. The Kier molecular flexibility index (Phi) is 6.49. The number of amides is 1. The molecule has 0 bridgehead atoms. The van der Waals surface area contributed by atoms with Gasteiger partial charge in [0.1, 0.15) is 12.0 Å². The normalized spacial score (nSPS) is 14.1.